The zero-order valence-electron chi connectivity index (χ0n) is 12.3. The minimum absolute atomic E-state index is 0.291. The number of carboxylic acids is 1. The molecule has 0 heterocycles. The highest BCUT2D eigenvalue weighted by atomic mass is 16.6. The average Bonchev–Trinajstić information content (AvgIpc) is 2.33. The first-order valence-corrected chi connectivity index (χ1v) is 6.79. The SMILES string of the molecule is CC(C)(C)OC(=O)[C@@H](CCCc1ccccc1)C(=O)O. The summed E-state index contributed by atoms with van der Waals surface area (Å²) >= 11 is 0. The summed E-state index contributed by atoms with van der Waals surface area (Å²) < 4.78 is 5.14. The van der Waals surface area contributed by atoms with Crippen LogP contribution < -0.4 is 0 Å². The Hall–Kier alpha value is -1.84. The monoisotopic (exact) mass is 278 g/mol. The van der Waals surface area contributed by atoms with Gasteiger partial charge in [-0.1, -0.05) is 30.3 Å². The molecule has 4 heteroatoms. The van der Waals surface area contributed by atoms with Gasteiger partial charge in [-0.15, -0.1) is 0 Å². The maximum absolute atomic E-state index is 11.8. The highest BCUT2D eigenvalue weighted by Gasteiger charge is 2.30. The van der Waals surface area contributed by atoms with E-state index in [-0.39, 0.29) is 0 Å². The molecule has 0 saturated carbocycles. The Morgan fingerprint density at radius 2 is 1.80 bits per heavy atom. The molecule has 0 aliphatic rings. The number of benzene rings is 1. The zero-order chi connectivity index (χ0) is 15.2. The topological polar surface area (TPSA) is 63.6 Å². The fourth-order valence-corrected chi connectivity index (χ4v) is 1.87. The molecule has 20 heavy (non-hydrogen) atoms. The molecule has 0 aromatic heterocycles. The number of rotatable bonds is 6. The first-order chi connectivity index (χ1) is 9.29. The second-order valence-electron chi connectivity index (χ2n) is 5.80. The summed E-state index contributed by atoms with van der Waals surface area (Å²) in [6.45, 7) is 5.19. The van der Waals surface area contributed by atoms with E-state index >= 15 is 0 Å². The molecule has 1 atom stereocenters. The van der Waals surface area contributed by atoms with Crippen LogP contribution in [0.4, 0.5) is 0 Å². The summed E-state index contributed by atoms with van der Waals surface area (Å²) in [5, 5.41) is 9.14. The van der Waals surface area contributed by atoms with Crippen molar-refractivity contribution in [3.05, 3.63) is 35.9 Å². The maximum Gasteiger partial charge on any atom is 0.320 e. The number of carbonyl (C=O) groups excluding carboxylic acids is 1. The number of hydrogen-bond acceptors (Lipinski definition) is 3. The molecule has 1 aromatic carbocycles. The molecule has 1 N–H and O–H groups in total. The normalized spacial score (nSPS) is 12.8. The number of carboxylic acid groups (broad SMARTS) is 1. The van der Waals surface area contributed by atoms with Crippen LogP contribution in [0.5, 0.6) is 0 Å². The Morgan fingerprint density at radius 1 is 1.20 bits per heavy atom. The minimum Gasteiger partial charge on any atom is -0.481 e. The van der Waals surface area contributed by atoms with E-state index in [0.717, 1.165) is 12.0 Å². The summed E-state index contributed by atoms with van der Waals surface area (Å²) in [7, 11) is 0. The summed E-state index contributed by atoms with van der Waals surface area (Å²) in [5.74, 6) is -2.86. The van der Waals surface area contributed by atoms with Crippen molar-refractivity contribution in [3.8, 4) is 0 Å². The van der Waals surface area contributed by atoms with Gasteiger partial charge in [-0.3, -0.25) is 9.59 Å². The van der Waals surface area contributed by atoms with Crippen molar-refractivity contribution in [2.45, 2.75) is 45.6 Å². The van der Waals surface area contributed by atoms with Crippen LogP contribution in [0.2, 0.25) is 0 Å². The van der Waals surface area contributed by atoms with Gasteiger partial charge in [0, 0.05) is 0 Å². The van der Waals surface area contributed by atoms with Gasteiger partial charge in [0.1, 0.15) is 5.60 Å². The van der Waals surface area contributed by atoms with E-state index in [1.807, 2.05) is 30.3 Å². The van der Waals surface area contributed by atoms with Gasteiger partial charge in [0.05, 0.1) is 0 Å². The number of ether oxygens (including phenoxy) is 1. The second-order valence-corrected chi connectivity index (χ2v) is 5.80. The van der Waals surface area contributed by atoms with Crippen molar-refractivity contribution in [3.63, 3.8) is 0 Å². The number of aryl methyl sites for hydroxylation is 1. The Bertz CT molecular complexity index is 445. The fraction of sp³-hybridized carbons (Fsp3) is 0.500. The van der Waals surface area contributed by atoms with E-state index in [1.165, 1.54) is 0 Å². The van der Waals surface area contributed by atoms with Gasteiger partial charge in [-0.2, -0.15) is 0 Å². The highest BCUT2D eigenvalue weighted by molar-refractivity contribution is 5.94. The van der Waals surface area contributed by atoms with E-state index < -0.39 is 23.5 Å². The van der Waals surface area contributed by atoms with Gasteiger partial charge >= 0.3 is 11.9 Å². The molecule has 110 valence electrons. The molecule has 0 amide bonds. The Balaban J connectivity index is 2.51. The van der Waals surface area contributed by atoms with E-state index in [0.29, 0.717) is 12.8 Å². The lowest BCUT2D eigenvalue weighted by atomic mass is 9.99. The Morgan fingerprint density at radius 3 is 2.30 bits per heavy atom. The second kappa shape index (κ2) is 7.08. The molecule has 0 saturated heterocycles. The lowest BCUT2D eigenvalue weighted by Crippen LogP contribution is -2.32. The van der Waals surface area contributed by atoms with Gasteiger partial charge in [0.2, 0.25) is 0 Å². The van der Waals surface area contributed by atoms with Gasteiger partial charge in [0.25, 0.3) is 0 Å². The molecule has 0 unspecified atom stereocenters. The van der Waals surface area contributed by atoms with Crippen molar-refractivity contribution >= 4 is 11.9 Å². The molecule has 4 nitrogen and oxygen atoms in total. The lowest BCUT2D eigenvalue weighted by Gasteiger charge is -2.22. The Labute approximate surface area is 119 Å². The summed E-state index contributed by atoms with van der Waals surface area (Å²) in [6.07, 6.45) is 1.69. The highest BCUT2D eigenvalue weighted by Crippen LogP contribution is 2.17. The van der Waals surface area contributed by atoms with Gasteiger partial charge in [0.15, 0.2) is 5.92 Å². The molecule has 0 fully saturated rings. The first kappa shape index (κ1) is 16.2. The third-order valence-electron chi connectivity index (χ3n) is 2.79. The molecular formula is C16H22O4. The molecule has 0 aliphatic heterocycles. The molecule has 0 radical (unpaired) electrons. The summed E-state index contributed by atoms with van der Waals surface area (Å²) in [5.41, 5.74) is 0.477. The van der Waals surface area contributed by atoms with E-state index in [4.69, 9.17) is 9.84 Å². The van der Waals surface area contributed by atoms with Crippen LogP contribution in [0.1, 0.15) is 39.2 Å². The largest absolute Gasteiger partial charge is 0.481 e. The molecule has 0 spiro atoms. The summed E-state index contributed by atoms with van der Waals surface area (Å²) in [6, 6.07) is 9.80. The quantitative estimate of drug-likeness (QED) is 0.641. The van der Waals surface area contributed by atoms with E-state index in [2.05, 4.69) is 0 Å². The maximum atomic E-state index is 11.8. The van der Waals surface area contributed by atoms with Crippen LogP contribution in [0.25, 0.3) is 0 Å². The molecule has 0 aliphatic carbocycles. The predicted octanol–water partition coefficient (Wildman–Crippen LogP) is 3.05. The number of carbonyl (C=O) groups is 2. The molecule has 0 bridgehead atoms. The lowest BCUT2D eigenvalue weighted by molar-refractivity contribution is -0.167. The number of esters is 1. The van der Waals surface area contributed by atoms with Crippen LogP contribution >= 0.6 is 0 Å². The molecule has 1 rings (SSSR count). The third kappa shape index (κ3) is 5.87. The molecular weight excluding hydrogens is 256 g/mol. The van der Waals surface area contributed by atoms with Crippen molar-refractivity contribution in [1.29, 1.82) is 0 Å². The fourth-order valence-electron chi connectivity index (χ4n) is 1.87. The van der Waals surface area contributed by atoms with Crippen LogP contribution in [0, 0.1) is 5.92 Å². The van der Waals surface area contributed by atoms with Gasteiger partial charge < -0.3 is 9.84 Å². The van der Waals surface area contributed by atoms with Gasteiger partial charge in [-0.05, 0) is 45.6 Å². The number of hydrogen-bond donors (Lipinski definition) is 1. The number of aliphatic carboxylic acids is 1. The van der Waals surface area contributed by atoms with Crippen molar-refractivity contribution in [2.24, 2.45) is 5.92 Å². The van der Waals surface area contributed by atoms with Gasteiger partial charge in [-0.25, -0.2) is 0 Å². The Kier molecular flexibility index (Phi) is 5.74. The first-order valence-electron chi connectivity index (χ1n) is 6.79. The average molecular weight is 278 g/mol. The minimum atomic E-state index is -1.12. The van der Waals surface area contributed by atoms with Crippen LogP contribution in [-0.2, 0) is 20.7 Å². The van der Waals surface area contributed by atoms with Crippen molar-refractivity contribution in [1.82, 2.24) is 0 Å². The molecule has 1 aromatic rings. The van der Waals surface area contributed by atoms with E-state index in [1.54, 1.807) is 20.8 Å². The third-order valence-corrected chi connectivity index (χ3v) is 2.79. The standard InChI is InChI=1S/C16H22O4/c1-16(2,3)20-15(19)13(14(17)18)11-7-10-12-8-5-4-6-9-12/h4-6,8-9,13H,7,10-11H2,1-3H3,(H,17,18)/t13-/m0/s1. The van der Waals surface area contributed by atoms with Crippen LogP contribution in [0.3, 0.4) is 0 Å². The zero-order valence-corrected chi connectivity index (χ0v) is 12.3. The smallest absolute Gasteiger partial charge is 0.320 e. The van der Waals surface area contributed by atoms with Crippen LogP contribution in [0.15, 0.2) is 30.3 Å². The van der Waals surface area contributed by atoms with Crippen LogP contribution in [-0.4, -0.2) is 22.6 Å². The predicted molar refractivity (Wildman–Crippen MR) is 76.4 cm³/mol. The van der Waals surface area contributed by atoms with E-state index in [9.17, 15) is 9.59 Å². The van der Waals surface area contributed by atoms with Crippen molar-refractivity contribution in [2.75, 3.05) is 0 Å². The summed E-state index contributed by atoms with van der Waals surface area (Å²) in [4.78, 5) is 23.0. The van der Waals surface area contributed by atoms with Crippen molar-refractivity contribution < 1.29 is 19.4 Å².